The Hall–Kier alpha value is -2.14. The van der Waals surface area contributed by atoms with Crippen LogP contribution in [0.4, 0.5) is 0 Å². The molecule has 5 nitrogen and oxygen atoms in total. The zero-order valence-corrected chi connectivity index (χ0v) is 12.0. The summed E-state index contributed by atoms with van der Waals surface area (Å²) in [6.07, 6.45) is 4.72. The molecule has 21 heavy (non-hydrogen) atoms. The number of aromatic nitrogens is 2. The first kappa shape index (κ1) is 13.8. The van der Waals surface area contributed by atoms with Crippen molar-refractivity contribution >= 4 is 5.97 Å². The van der Waals surface area contributed by atoms with Gasteiger partial charge in [0.2, 0.25) is 0 Å². The van der Waals surface area contributed by atoms with Gasteiger partial charge in [-0.05, 0) is 31.0 Å². The normalized spacial score (nSPS) is 22.5. The van der Waals surface area contributed by atoms with Gasteiger partial charge in [0.05, 0.1) is 11.9 Å². The fraction of sp³-hybridized carbons (Fsp3) is 0.375. The number of nitrogens with zero attached hydrogens (tertiary/aromatic N) is 3. The maximum Gasteiger partial charge on any atom is 0.321 e. The molecule has 2 atom stereocenters. The average molecular weight is 285 g/mol. The summed E-state index contributed by atoms with van der Waals surface area (Å²) in [7, 11) is 0. The number of hydrogen-bond donors (Lipinski definition) is 1. The summed E-state index contributed by atoms with van der Waals surface area (Å²) in [6, 6.07) is 9.52. The summed E-state index contributed by atoms with van der Waals surface area (Å²) in [5, 5.41) is 13.7. The van der Waals surface area contributed by atoms with E-state index in [4.69, 9.17) is 0 Å². The van der Waals surface area contributed by atoms with Crippen molar-refractivity contribution in [1.82, 2.24) is 14.7 Å². The third-order valence-electron chi connectivity index (χ3n) is 4.10. The number of rotatable bonds is 4. The minimum absolute atomic E-state index is 0.201. The Morgan fingerprint density at radius 3 is 2.86 bits per heavy atom. The lowest BCUT2D eigenvalue weighted by Crippen LogP contribution is -2.38. The average Bonchev–Trinajstić information content (AvgIpc) is 3.07. The lowest BCUT2D eigenvalue weighted by Gasteiger charge is -2.22. The van der Waals surface area contributed by atoms with Crippen LogP contribution in [0.5, 0.6) is 0 Å². The first-order chi connectivity index (χ1) is 10.1. The summed E-state index contributed by atoms with van der Waals surface area (Å²) in [4.78, 5) is 13.4. The van der Waals surface area contributed by atoms with Gasteiger partial charge in [-0.2, -0.15) is 5.10 Å². The van der Waals surface area contributed by atoms with Crippen molar-refractivity contribution in [2.24, 2.45) is 5.92 Å². The zero-order chi connectivity index (χ0) is 14.8. The van der Waals surface area contributed by atoms with Gasteiger partial charge < -0.3 is 5.11 Å². The van der Waals surface area contributed by atoms with E-state index < -0.39 is 5.97 Å². The van der Waals surface area contributed by atoms with Crippen molar-refractivity contribution < 1.29 is 9.90 Å². The molecule has 5 heteroatoms. The van der Waals surface area contributed by atoms with Gasteiger partial charge in [0.25, 0.3) is 0 Å². The summed E-state index contributed by atoms with van der Waals surface area (Å²) in [6.45, 7) is 3.47. The van der Waals surface area contributed by atoms with Crippen molar-refractivity contribution in [3.63, 3.8) is 0 Å². The van der Waals surface area contributed by atoms with Crippen LogP contribution in [-0.4, -0.2) is 38.3 Å². The van der Waals surface area contributed by atoms with Gasteiger partial charge in [0.1, 0.15) is 6.04 Å². The second-order valence-corrected chi connectivity index (χ2v) is 5.65. The van der Waals surface area contributed by atoms with Crippen LogP contribution in [0.25, 0.3) is 5.69 Å². The lowest BCUT2D eigenvalue weighted by atomic mass is 10.0. The first-order valence-electron chi connectivity index (χ1n) is 7.21. The maximum atomic E-state index is 11.4. The highest BCUT2D eigenvalue weighted by atomic mass is 16.4. The highest BCUT2D eigenvalue weighted by Crippen LogP contribution is 2.25. The Balaban J connectivity index is 1.74. The third-order valence-corrected chi connectivity index (χ3v) is 4.10. The Labute approximate surface area is 123 Å². The molecule has 1 aliphatic rings. The van der Waals surface area contributed by atoms with Gasteiger partial charge in [-0.25, -0.2) is 4.68 Å². The molecular weight excluding hydrogens is 266 g/mol. The SMILES string of the molecule is CC1CCN(Cc2cnn(-c3ccccc3)c2)C1C(=O)O. The van der Waals surface area contributed by atoms with Crippen molar-refractivity contribution in [3.05, 3.63) is 48.3 Å². The van der Waals surface area contributed by atoms with E-state index in [0.717, 1.165) is 24.2 Å². The monoisotopic (exact) mass is 285 g/mol. The number of para-hydroxylation sites is 1. The van der Waals surface area contributed by atoms with E-state index >= 15 is 0 Å². The number of carboxylic acids is 1. The summed E-state index contributed by atoms with van der Waals surface area (Å²) >= 11 is 0. The number of carboxylic acid groups (broad SMARTS) is 1. The van der Waals surface area contributed by atoms with Crippen LogP contribution in [0.15, 0.2) is 42.7 Å². The number of hydrogen-bond acceptors (Lipinski definition) is 3. The molecule has 0 radical (unpaired) electrons. The summed E-state index contributed by atoms with van der Waals surface area (Å²) < 4.78 is 1.82. The zero-order valence-electron chi connectivity index (χ0n) is 12.0. The van der Waals surface area contributed by atoms with Gasteiger partial charge in [-0.1, -0.05) is 25.1 Å². The number of carbonyl (C=O) groups is 1. The Kier molecular flexibility index (Phi) is 3.75. The maximum absolute atomic E-state index is 11.4. The van der Waals surface area contributed by atoms with E-state index in [1.165, 1.54) is 0 Å². The van der Waals surface area contributed by atoms with Gasteiger partial charge in [-0.3, -0.25) is 9.69 Å². The molecule has 1 fully saturated rings. The standard InChI is InChI=1S/C16H19N3O2/c1-12-7-8-18(15(12)16(20)21)10-13-9-17-19(11-13)14-5-3-2-4-6-14/h2-6,9,11-12,15H,7-8,10H2,1H3,(H,20,21). The van der Waals surface area contributed by atoms with Crippen LogP contribution < -0.4 is 0 Å². The van der Waals surface area contributed by atoms with Crippen LogP contribution in [0.1, 0.15) is 18.9 Å². The third kappa shape index (κ3) is 2.83. The van der Waals surface area contributed by atoms with Gasteiger partial charge in [-0.15, -0.1) is 0 Å². The molecule has 0 spiro atoms. The summed E-state index contributed by atoms with van der Waals surface area (Å²) in [5.41, 5.74) is 2.05. The topological polar surface area (TPSA) is 58.4 Å². The smallest absolute Gasteiger partial charge is 0.321 e. The second-order valence-electron chi connectivity index (χ2n) is 5.65. The molecule has 0 amide bonds. The molecule has 2 heterocycles. The van der Waals surface area contributed by atoms with E-state index in [2.05, 4.69) is 5.10 Å². The predicted octanol–water partition coefficient (Wildman–Crippen LogP) is 2.17. The Morgan fingerprint density at radius 1 is 1.38 bits per heavy atom. The molecule has 1 N–H and O–H groups in total. The Morgan fingerprint density at radius 2 is 2.14 bits per heavy atom. The van der Waals surface area contributed by atoms with Gasteiger partial charge in [0.15, 0.2) is 0 Å². The lowest BCUT2D eigenvalue weighted by molar-refractivity contribution is -0.143. The molecule has 0 saturated carbocycles. The van der Waals surface area contributed by atoms with Gasteiger partial charge >= 0.3 is 5.97 Å². The van der Waals surface area contributed by atoms with Crippen LogP contribution in [-0.2, 0) is 11.3 Å². The molecule has 1 aliphatic heterocycles. The van der Waals surface area contributed by atoms with Crippen molar-refractivity contribution in [2.75, 3.05) is 6.54 Å². The fourth-order valence-corrected chi connectivity index (χ4v) is 3.00. The molecule has 1 saturated heterocycles. The molecule has 1 aromatic carbocycles. The summed E-state index contributed by atoms with van der Waals surface area (Å²) in [5.74, 6) is -0.526. The molecule has 1 aromatic heterocycles. The van der Waals surface area contributed by atoms with Crippen molar-refractivity contribution in [2.45, 2.75) is 25.9 Å². The predicted molar refractivity (Wildman–Crippen MR) is 79.2 cm³/mol. The highest BCUT2D eigenvalue weighted by Gasteiger charge is 2.36. The number of likely N-dealkylation sites (tertiary alicyclic amines) is 1. The first-order valence-corrected chi connectivity index (χ1v) is 7.21. The van der Waals surface area contributed by atoms with Crippen molar-refractivity contribution in [1.29, 1.82) is 0 Å². The minimum atomic E-state index is -0.726. The van der Waals surface area contributed by atoms with Crippen LogP contribution >= 0.6 is 0 Å². The van der Waals surface area contributed by atoms with E-state index in [1.54, 1.807) is 0 Å². The molecule has 0 bridgehead atoms. The van der Waals surface area contributed by atoms with Crippen LogP contribution in [0.3, 0.4) is 0 Å². The quantitative estimate of drug-likeness (QED) is 0.935. The minimum Gasteiger partial charge on any atom is -0.480 e. The molecular formula is C16H19N3O2. The molecule has 0 aliphatic carbocycles. The molecule has 2 unspecified atom stereocenters. The largest absolute Gasteiger partial charge is 0.480 e. The van der Waals surface area contributed by atoms with Gasteiger partial charge in [0, 0.05) is 18.3 Å². The van der Waals surface area contributed by atoms with Crippen LogP contribution in [0, 0.1) is 5.92 Å². The molecule has 3 rings (SSSR count). The van der Waals surface area contributed by atoms with E-state index in [1.807, 2.05) is 59.2 Å². The number of benzene rings is 1. The van der Waals surface area contributed by atoms with E-state index in [0.29, 0.717) is 6.54 Å². The fourth-order valence-electron chi connectivity index (χ4n) is 3.00. The Bertz CT molecular complexity index is 623. The molecule has 2 aromatic rings. The van der Waals surface area contributed by atoms with E-state index in [-0.39, 0.29) is 12.0 Å². The second kappa shape index (κ2) is 5.69. The number of aliphatic carboxylic acids is 1. The van der Waals surface area contributed by atoms with E-state index in [9.17, 15) is 9.90 Å². The highest BCUT2D eigenvalue weighted by molar-refractivity contribution is 5.74. The van der Waals surface area contributed by atoms with Crippen LogP contribution in [0.2, 0.25) is 0 Å². The van der Waals surface area contributed by atoms with Crippen molar-refractivity contribution in [3.8, 4) is 5.69 Å². The molecule has 110 valence electrons.